The van der Waals surface area contributed by atoms with Crippen LogP contribution < -0.4 is 9.47 Å². The summed E-state index contributed by atoms with van der Waals surface area (Å²) in [5.74, 6) is 0.576. The lowest BCUT2D eigenvalue weighted by Gasteiger charge is -2.11. The van der Waals surface area contributed by atoms with Crippen LogP contribution in [0.15, 0.2) is 46.9 Å². The van der Waals surface area contributed by atoms with Crippen LogP contribution in [0.5, 0.6) is 11.5 Å². The van der Waals surface area contributed by atoms with E-state index in [-0.39, 0.29) is 6.42 Å². The summed E-state index contributed by atoms with van der Waals surface area (Å²) < 4.78 is 16.8. The van der Waals surface area contributed by atoms with Crippen molar-refractivity contribution in [1.29, 1.82) is 0 Å². The lowest BCUT2D eigenvalue weighted by Crippen LogP contribution is -1.99. The van der Waals surface area contributed by atoms with Gasteiger partial charge in [-0.25, -0.2) is 4.98 Å². The fourth-order valence-electron chi connectivity index (χ4n) is 2.67. The molecule has 0 fully saturated rings. The zero-order valence-electron chi connectivity index (χ0n) is 15.3. The van der Waals surface area contributed by atoms with Gasteiger partial charge in [0.2, 0.25) is 5.89 Å². The van der Waals surface area contributed by atoms with Crippen LogP contribution in [0.1, 0.15) is 31.2 Å². The van der Waals surface area contributed by atoms with Crippen molar-refractivity contribution in [2.45, 2.75) is 19.8 Å². The van der Waals surface area contributed by atoms with Crippen molar-refractivity contribution >= 4 is 28.7 Å². The average Bonchev–Trinajstić information content (AvgIpc) is 3.10. The zero-order valence-corrected chi connectivity index (χ0v) is 15.3. The Kier molecular flexibility index (Phi) is 5.76. The number of rotatable bonds is 8. The highest BCUT2D eigenvalue weighted by Gasteiger charge is 2.15. The van der Waals surface area contributed by atoms with E-state index in [2.05, 4.69) is 4.98 Å². The van der Waals surface area contributed by atoms with Gasteiger partial charge >= 0.3 is 5.97 Å². The van der Waals surface area contributed by atoms with Gasteiger partial charge in [0, 0.05) is 5.57 Å². The summed E-state index contributed by atoms with van der Waals surface area (Å²) >= 11 is 0. The predicted octanol–water partition coefficient (Wildman–Crippen LogP) is 4.64. The molecule has 1 aromatic heterocycles. The Morgan fingerprint density at radius 1 is 1.22 bits per heavy atom. The van der Waals surface area contributed by atoms with Crippen LogP contribution in [0.25, 0.3) is 22.7 Å². The van der Waals surface area contributed by atoms with Gasteiger partial charge in [0.05, 0.1) is 20.1 Å². The second kappa shape index (κ2) is 8.40. The summed E-state index contributed by atoms with van der Waals surface area (Å²) in [6.07, 6.45) is 2.41. The van der Waals surface area contributed by atoms with Crippen LogP contribution in [-0.2, 0) is 4.79 Å². The van der Waals surface area contributed by atoms with Gasteiger partial charge < -0.3 is 19.0 Å². The Bertz CT molecular complexity index is 941. The number of para-hydroxylation sites is 2. The lowest BCUT2D eigenvalue weighted by atomic mass is 10.1. The molecule has 0 saturated carbocycles. The topological polar surface area (TPSA) is 81.8 Å². The normalized spacial score (nSPS) is 11.6. The van der Waals surface area contributed by atoms with Gasteiger partial charge in [-0.15, -0.1) is 0 Å². The van der Waals surface area contributed by atoms with E-state index >= 15 is 0 Å². The number of nitrogens with zero attached hydrogens (tertiary/aromatic N) is 1. The van der Waals surface area contributed by atoms with Crippen molar-refractivity contribution in [2.75, 3.05) is 13.7 Å². The summed E-state index contributed by atoms with van der Waals surface area (Å²) in [7, 11) is 1.58. The molecule has 140 valence electrons. The number of carboxylic acids is 1. The predicted molar refractivity (Wildman–Crippen MR) is 103 cm³/mol. The standard InChI is InChI=1S/C21H21NO5/c1-3-10-26-19-12-14(8-9-18(19)25-2)11-15(13-20(23)24)21-22-16-6-4-5-7-17(16)27-21/h4-9,11-12H,3,10,13H2,1-2H3,(H,23,24)/b15-11+. The Morgan fingerprint density at radius 2 is 2.04 bits per heavy atom. The number of hydrogen-bond donors (Lipinski definition) is 1. The molecule has 0 saturated heterocycles. The highest BCUT2D eigenvalue weighted by Crippen LogP contribution is 2.31. The molecule has 0 aliphatic heterocycles. The molecule has 0 spiro atoms. The molecular formula is C21H21NO5. The van der Waals surface area contributed by atoms with E-state index in [1.54, 1.807) is 25.3 Å². The van der Waals surface area contributed by atoms with Crippen LogP contribution >= 0.6 is 0 Å². The molecule has 0 aliphatic rings. The van der Waals surface area contributed by atoms with Crippen molar-refractivity contribution in [2.24, 2.45) is 0 Å². The summed E-state index contributed by atoms with van der Waals surface area (Å²) in [6, 6.07) is 12.8. The second-order valence-corrected chi connectivity index (χ2v) is 5.99. The van der Waals surface area contributed by atoms with Crippen LogP contribution in [0.2, 0.25) is 0 Å². The van der Waals surface area contributed by atoms with E-state index in [0.717, 1.165) is 12.0 Å². The second-order valence-electron chi connectivity index (χ2n) is 5.99. The van der Waals surface area contributed by atoms with Crippen molar-refractivity contribution in [3.8, 4) is 11.5 Å². The number of hydrogen-bond acceptors (Lipinski definition) is 5. The molecule has 3 rings (SSSR count). The van der Waals surface area contributed by atoms with E-state index in [4.69, 9.17) is 13.9 Å². The largest absolute Gasteiger partial charge is 0.493 e. The van der Waals surface area contributed by atoms with Gasteiger partial charge in [-0.1, -0.05) is 25.1 Å². The fourth-order valence-corrected chi connectivity index (χ4v) is 2.67. The maximum Gasteiger partial charge on any atom is 0.308 e. The molecule has 0 bridgehead atoms. The third kappa shape index (κ3) is 4.47. The summed E-state index contributed by atoms with van der Waals surface area (Å²) in [6.45, 7) is 2.59. The Labute approximate surface area is 157 Å². The fraction of sp³-hybridized carbons (Fsp3) is 0.238. The van der Waals surface area contributed by atoms with Gasteiger partial charge in [0.1, 0.15) is 5.52 Å². The molecule has 0 aliphatic carbocycles. The molecule has 1 N–H and O–H groups in total. The number of oxazole rings is 1. The van der Waals surface area contributed by atoms with Crippen molar-refractivity contribution in [1.82, 2.24) is 4.98 Å². The van der Waals surface area contributed by atoms with Crippen molar-refractivity contribution < 1.29 is 23.8 Å². The van der Waals surface area contributed by atoms with Gasteiger partial charge in [-0.3, -0.25) is 4.79 Å². The van der Waals surface area contributed by atoms with Gasteiger partial charge in [0.15, 0.2) is 17.1 Å². The molecule has 6 heteroatoms. The van der Waals surface area contributed by atoms with Gasteiger partial charge in [0.25, 0.3) is 0 Å². The van der Waals surface area contributed by atoms with E-state index in [9.17, 15) is 9.90 Å². The summed E-state index contributed by atoms with van der Waals surface area (Å²) in [5.41, 5.74) is 2.56. The number of aliphatic carboxylic acids is 1. The third-order valence-electron chi connectivity index (χ3n) is 3.90. The van der Waals surface area contributed by atoms with Crippen LogP contribution in [-0.4, -0.2) is 29.8 Å². The van der Waals surface area contributed by atoms with E-state index < -0.39 is 5.97 Å². The number of carboxylic acid groups (broad SMARTS) is 1. The lowest BCUT2D eigenvalue weighted by molar-refractivity contribution is -0.135. The molecular weight excluding hydrogens is 346 g/mol. The quantitative estimate of drug-likeness (QED) is 0.624. The molecule has 0 unspecified atom stereocenters. The summed E-state index contributed by atoms with van der Waals surface area (Å²) in [4.78, 5) is 15.8. The first-order valence-electron chi connectivity index (χ1n) is 8.70. The average molecular weight is 367 g/mol. The maximum atomic E-state index is 11.3. The molecule has 0 radical (unpaired) electrons. The van der Waals surface area contributed by atoms with Crippen molar-refractivity contribution in [3.05, 3.63) is 53.9 Å². The van der Waals surface area contributed by atoms with E-state index in [1.165, 1.54) is 0 Å². The highest BCUT2D eigenvalue weighted by atomic mass is 16.5. The summed E-state index contributed by atoms with van der Waals surface area (Å²) in [5, 5.41) is 9.30. The minimum Gasteiger partial charge on any atom is -0.493 e. The highest BCUT2D eigenvalue weighted by molar-refractivity contribution is 5.91. The number of methoxy groups -OCH3 is 1. The zero-order chi connectivity index (χ0) is 19.2. The van der Waals surface area contributed by atoms with Crippen LogP contribution in [0.3, 0.4) is 0 Å². The minimum atomic E-state index is -0.959. The molecule has 0 atom stereocenters. The van der Waals surface area contributed by atoms with Crippen molar-refractivity contribution in [3.63, 3.8) is 0 Å². The van der Waals surface area contributed by atoms with Gasteiger partial charge in [-0.05, 0) is 42.3 Å². The first-order chi connectivity index (χ1) is 13.1. The smallest absolute Gasteiger partial charge is 0.308 e. The number of aromatic nitrogens is 1. The van der Waals surface area contributed by atoms with Crippen LogP contribution in [0.4, 0.5) is 0 Å². The molecule has 3 aromatic rings. The molecule has 2 aromatic carbocycles. The maximum absolute atomic E-state index is 11.3. The number of benzene rings is 2. The Balaban J connectivity index is 2.01. The number of ether oxygens (including phenoxy) is 2. The van der Waals surface area contributed by atoms with E-state index in [0.29, 0.717) is 40.7 Å². The molecule has 0 amide bonds. The minimum absolute atomic E-state index is 0.204. The third-order valence-corrected chi connectivity index (χ3v) is 3.90. The first kappa shape index (κ1) is 18.5. The SMILES string of the molecule is CCCOc1cc(/C=C(\CC(=O)O)c2nc3ccccc3o2)ccc1OC. The number of carbonyl (C=O) groups is 1. The van der Waals surface area contributed by atoms with E-state index in [1.807, 2.05) is 37.3 Å². The monoisotopic (exact) mass is 367 g/mol. The Hall–Kier alpha value is -3.28. The van der Waals surface area contributed by atoms with Gasteiger partial charge in [-0.2, -0.15) is 0 Å². The first-order valence-corrected chi connectivity index (χ1v) is 8.70. The van der Waals surface area contributed by atoms with Crippen LogP contribution in [0, 0.1) is 0 Å². The molecule has 6 nitrogen and oxygen atoms in total. The molecule has 1 heterocycles. The Morgan fingerprint density at radius 3 is 2.74 bits per heavy atom. The molecule has 27 heavy (non-hydrogen) atoms. The number of fused-ring (bicyclic) bond motifs is 1.